The number of ether oxygens (including phenoxy) is 3. The van der Waals surface area contributed by atoms with Gasteiger partial charge >= 0.3 is 0 Å². The first-order valence-corrected chi connectivity index (χ1v) is 12.1. The molecular formula is C27H41N3O3. The van der Waals surface area contributed by atoms with Gasteiger partial charge in [-0.05, 0) is 43.3 Å². The van der Waals surface area contributed by atoms with Gasteiger partial charge in [0, 0.05) is 25.2 Å². The predicted octanol–water partition coefficient (Wildman–Crippen LogP) is 6.03. The second-order valence-corrected chi connectivity index (χ2v) is 8.03. The van der Waals surface area contributed by atoms with Crippen LogP contribution in [0.2, 0.25) is 0 Å². The van der Waals surface area contributed by atoms with Gasteiger partial charge in [0.25, 0.3) is 0 Å². The summed E-state index contributed by atoms with van der Waals surface area (Å²) in [6.07, 6.45) is 0. The first-order valence-electron chi connectivity index (χ1n) is 12.1. The molecule has 0 radical (unpaired) electrons. The number of rotatable bonds is 12. The van der Waals surface area contributed by atoms with Crippen LogP contribution in [0.4, 0.5) is 0 Å². The van der Waals surface area contributed by atoms with Gasteiger partial charge in [-0.1, -0.05) is 47.6 Å². The zero-order valence-electron chi connectivity index (χ0n) is 21.4. The van der Waals surface area contributed by atoms with E-state index < -0.39 is 0 Å². The minimum absolute atomic E-state index is 0.396. The number of imidazole rings is 1. The Morgan fingerprint density at radius 1 is 0.939 bits per heavy atom. The van der Waals surface area contributed by atoms with Crippen molar-refractivity contribution in [1.29, 1.82) is 0 Å². The minimum Gasteiger partial charge on any atom is -0.497 e. The molecule has 1 heterocycles. The first-order chi connectivity index (χ1) is 16.0. The number of hydrogen-bond donors (Lipinski definition) is 0. The highest BCUT2D eigenvalue weighted by molar-refractivity contribution is 5.77. The zero-order valence-corrected chi connectivity index (χ0v) is 21.4. The van der Waals surface area contributed by atoms with Gasteiger partial charge in [0.2, 0.25) is 0 Å². The second kappa shape index (κ2) is 13.7. The van der Waals surface area contributed by atoms with Gasteiger partial charge in [-0.3, -0.25) is 0 Å². The molecule has 6 nitrogen and oxygen atoms in total. The molecule has 0 bridgehead atoms. The van der Waals surface area contributed by atoms with Crippen molar-refractivity contribution >= 4 is 11.0 Å². The van der Waals surface area contributed by atoms with Gasteiger partial charge in [-0.25, -0.2) is 4.98 Å². The SMILES string of the molecule is CC.CCN(CC)CCOc1ccc2nc(COc3cccc(OC)c3)n(CC(C)C)c2c1. The maximum Gasteiger partial charge on any atom is 0.148 e. The van der Waals surface area contributed by atoms with Gasteiger partial charge in [0.15, 0.2) is 0 Å². The Balaban J connectivity index is 0.00000187. The molecule has 0 amide bonds. The largest absolute Gasteiger partial charge is 0.497 e. The van der Waals surface area contributed by atoms with Gasteiger partial charge in [-0.2, -0.15) is 0 Å². The van der Waals surface area contributed by atoms with Crippen molar-refractivity contribution in [1.82, 2.24) is 14.5 Å². The normalized spacial score (nSPS) is 10.9. The maximum atomic E-state index is 6.04. The second-order valence-electron chi connectivity index (χ2n) is 8.03. The van der Waals surface area contributed by atoms with Crippen LogP contribution in [0.1, 0.15) is 47.4 Å². The Morgan fingerprint density at radius 2 is 1.64 bits per heavy atom. The van der Waals surface area contributed by atoms with E-state index in [-0.39, 0.29) is 0 Å². The topological polar surface area (TPSA) is 48.8 Å². The predicted molar refractivity (Wildman–Crippen MR) is 137 cm³/mol. The van der Waals surface area contributed by atoms with E-state index in [1.165, 1.54) is 0 Å². The highest BCUT2D eigenvalue weighted by Crippen LogP contribution is 2.25. The monoisotopic (exact) mass is 455 g/mol. The third-order valence-electron chi connectivity index (χ3n) is 5.33. The van der Waals surface area contributed by atoms with E-state index in [0.717, 1.165) is 60.3 Å². The van der Waals surface area contributed by atoms with Crippen LogP contribution < -0.4 is 14.2 Å². The summed E-state index contributed by atoms with van der Waals surface area (Å²) < 4.78 is 19.6. The molecule has 33 heavy (non-hydrogen) atoms. The summed E-state index contributed by atoms with van der Waals surface area (Å²) in [4.78, 5) is 7.20. The lowest BCUT2D eigenvalue weighted by atomic mass is 10.2. The van der Waals surface area contributed by atoms with Crippen LogP contribution in [-0.4, -0.2) is 47.8 Å². The summed E-state index contributed by atoms with van der Waals surface area (Å²) in [5.41, 5.74) is 2.04. The van der Waals surface area contributed by atoms with Crippen LogP contribution in [0.5, 0.6) is 17.2 Å². The van der Waals surface area contributed by atoms with Crippen LogP contribution in [-0.2, 0) is 13.2 Å². The molecule has 0 saturated heterocycles. The molecule has 0 N–H and O–H groups in total. The third-order valence-corrected chi connectivity index (χ3v) is 5.33. The van der Waals surface area contributed by atoms with E-state index >= 15 is 0 Å². The molecule has 0 fully saturated rings. The fourth-order valence-corrected chi connectivity index (χ4v) is 3.59. The molecule has 1 aromatic heterocycles. The molecular weight excluding hydrogens is 414 g/mol. The Hall–Kier alpha value is -2.73. The van der Waals surface area contributed by atoms with Crippen molar-refractivity contribution in [3.8, 4) is 17.2 Å². The lowest BCUT2D eigenvalue weighted by Gasteiger charge is -2.18. The molecule has 0 spiro atoms. The van der Waals surface area contributed by atoms with E-state index in [1.807, 2.05) is 50.2 Å². The standard InChI is InChI=1S/C25H35N3O3.C2H6/c1-6-27(7-2)13-14-30-22-11-12-23-24(16-22)28(17-19(3)4)25(26-23)18-31-21-10-8-9-20(15-21)29-5;1-2/h8-12,15-16,19H,6-7,13-14,17-18H2,1-5H3;1-2H3. The molecule has 3 aromatic rings. The number of likely N-dealkylation sites (N-methyl/N-ethyl adjacent to an activating group) is 1. The van der Waals surface area contributed by atoms with E-state index in [4.69, 9.17) is 19.2 Å². The highest BCUT2D eigenvalue weighted by Gasteiger charge is 2.14. The van der Waals surface area contributed by atoms with Crippen LogP contribution in [0.3, 0.4) is 0 Å². The third kappa shape index (κ3) is 7.67. The van der Waals surface area contributed by atoms with Crippen LogP contribution in [0, 0.1) is 5.92 Å². The fourth-order valence-electron chi connectivity index (χ4n) is 3.59. The minimum atomic E-state index is 0.396. The maximum absolute atomic E-state index is 6.04. The van der Waals surface area contributed by atoms with Gasteiger partial charge in [0.05, 0.1) is 18.1 Å². The summed E-state index contributed by atoms with van der Waals surface area (Å²) in [6.45, 7) is 17.7. The molecule has 2 aromatic carbocycles. The average molecular weight is 456 g/mol. The van der Waals surface area contributed by atoms with E-state index in [2.05, 4.69) is 43.2 Å². The highest BCUT2D eigenvalue weighted by atomic mass is 16.5. The van der Waals surface area contributed by atoms with Crippen LogP contribution >= 0.6 is 0 Å². The van der Waals surface area contributed by atoms with Gasteiger partial charge < -0.3 is 23.7 Å². The summed E-state index contributed by atoms with van der Waals surface area (Å²) in [6, 6.07) is 13.8. The van der Waals surface area contributed by atoms with Crippen molar-refractivity contribution in [2.75, 3.05) is 33.4 Å². The van der Waals surface area contributed by atoms with E-state index in [1.54, 1.807) is 7.11 Å². The molecule has 0 aliphatic carbocycles. The Morgan fingerprint density at radius 3 is 2.30 bits per heavy atom. The fraction of sp³-hybridized carbons (Fsp3) is 0.519. The molecule has 0 saturated carbocycles. The van der Waals surface area contributed by atoms with Gasteiger partial charge in [-0.15, -0.1) is 0 Å². The van der Waals surface area contributed by atoms with E-state index in [0.29, 0.717) is 19.1 Å². The van der Waals surface area contributed by atoms with E-state index in [9.17, 15) is 0 Å². The number of methoxy groups -OCH3 is 1. The zero-order chi connectivity index (χ0) is 24.2. The lowest BCUT2D eigenvalue weighted by molar-refractivity contribution is 0.223. The molecule has 0 atom stereocenters. The summed E-state index contributed by atoms with van der Waals surface area (Å²) in [5, 5.41) is 0. The van der Waals surface area contributed by atoms with Crippen molar-refractivity contribution in [3.05, 3.63) is 48.3 Å². The van der Waals surface area contributed by atoms with Crippen molar-refractivity contribution in [2.45, 2.75) is 54.7 Å². The molecule has 0 unspecified atom stereocenters. The lowest BCUT2D eigenvalue weighted by Crippen LogP contribution is -2.27. The molecule has 182 valence electrons. The summed E-state index contributed by atoms with van der Waals surface area (Å²) in [5.74, 6) is 3.82. The first kappa shape index (κ1) is 26.5. The molecule has 3 rings (SSSR count). The van der Waals surface area contributed by atoms with Crippen LogP contribution in [0.15, 0.2) is 42.5 Å². The molecule has 0 aliphatic heterocycles. The number of fused-ring (bicyclic) bond motifs is 1. The number of aromatic nitrogens is 2. The van der Waals surface area contributed by atoms with Crippen molar-refractivity contribution in [3.63, 3.8) is 0 Å². The summed E-state index contributed by atoms with van der Waals surface area (Å²) in [7, 11) is 1.66. The quantitative estimate of drug-likeness (QED) is 0.334. The Kier molecular flexibility index (Phi) is 11.0. The van der Waals surface area contributed by atoms with Crippen LogP contribution in [0.25, 0.3) is 11.0 Å². The van der Waals surface area contributed by atoms with Gasteiger partial charge in [0.1, 0.15) is 36.3 Å². The number of nitrogens with zero attached hydrogens (tertiary/aromatic N) is 3. The molecule has 6 heteroatoms. The summed E-state index contributed by atoms with van der Waals surface area (Å²) >= 11 is 0. The smallest absolute Gasteiger partial charge is 0.148 e. The average Bonchev–Trinajstić information content (AvgIpc) is 3.18. The van der Waals surface area contributed by atoms with Crippen molar-refractivity contribution in [2.24, 2.45) is 5.92 Å². The number of hydrogen-bond acceptors (Lipinski definition) is 5. The Bertz CT molecular complexity index is 964. The number of benzene rings is 2. The Labute approximate surface area is 199 Å². The molecule has 0 aliphatic rings. The van der Waals surface area contributed by atoms with Crippen molar-refractivity contribution < 1.29 is 14.2 Å².